The molecule has 1 fully saturated rings. The first-order valence-corrected chi connectivity index (χ1v) is 7.70. The molecule has 0 spiro atoms. The maximum Gasteiger partial charge on any atom is 0.321 e. The lowest BCUT2D eigenvalue weighted by Crippen LogP contribution is -2.49. The minimum absolute atomic E-state index is 0.0593. The molecule has 1 aliphatic rings. The minimum atomic E-state index is -3.70. The summed E-state index contributed by atoms with van der Waals surface area (Å²) in [5.74, 6) is -1.01. The Hall–Kier alpha value is -0.660. The molecule has 0 aromatic carbocycles. The summed E-state index contributed by atoms with van der Waals surface area (Å²) in [5, 5.41) is 9.05. The topological polar surface area (TPSA) is 86.7 Å². The second-order valence-corrected chi connectivity index (χ2v) is 6.90. The highest BCUT2D eigenvalue weighted by molar-refractivity contribution is 7.87. The third kappa shape index (κ3) is 3.93. The first kappa shape index (κ1) is 15.4. The van der Waals surface area contributed by atoms with Crippen LogP contribution in [0.3, 0.4) is 0 Å². The van der Waals surface area contributed by atoms with Crippen molar-refractivity contribution in [2.45, 2.75) is 52.1 Å². The zero-order valence-corrected chi connectivity index (χ0v) is 11.9. The van der Waals surface area contributed by atoms with Crippen molar-refractivity contribution in [3.8, 4) is 0 Å². The Balaban J connectivity index is 2.76. The molecule has 0 amide bonds. The Morgan fingerprint density at radius 2 is 2.11 bits per heavy atom. The molecular formula is C11H22N2O4S. The van der Waals surface area contributed by atoms with Crippen molar-refractivity contribution in [3.05, 3.63) is 0 Å². The molecule has 7 heteroatoms. The molecule has 0 saturated carbocycles. The number of hydrogen-bond donors (Lipinski definition) is 2. The van der Waals surface area contributed by atoms with Gasteiger partial charge in [-0.1, -0.05) is 13.8 Å². The molecular weight excluding hydrogens is 256 g/mol. The second kappa shape index (κ2) is 5.99. The van der Waals surface area contributed by atoms with E-state index < -0.39 is 22.2 Å². The summed E-state index contributed by atoms with van der Waals surface area (Å²) in [6, 6.07) is -1.11. The van der Waals surface area contributed by atoms with Crippen LogP contribution >= 0.6 is 0 Å². The molecule has 0 aromatic rings. The van der Waals surface area contributed by atoms with Crippen LogP contribution in [-0.4, -0.2) is 42.4 Å². The van der Waals surface area contributed by atoms with Gasteiger partial charge in [0.15, 0.2) is 0 Å². The van der Waals surface area contributed by atoms with Gasteiger partial charge < -0.3 is 5.11 Å². The zero-order chi connectivity index (χ0) is 13.9. The standard InChI is InChI=1S/C11H22N2O4S/c1-8(2)7-10(11(14)15)12-18(16,17)13-6-4-5-9(13)3/h8-10,12H,4-7H2,1-3H3,(H,14,15)/t9?,10-/m1/s1. The maximum atomic E-state index is 12.1. The van der Waals surface area contributed by atoms with Crippen molar-refractivity contribution < 1.29 is 18.3 Å². The minimum Gasteiger partial charge on any atom is -0.480 e. The molecule has 1 rings (SSSR count). The van der Waals surface area contributed by atoms with Gasteiger partial charge in [-0.2, -0.15) is 17.4 Å². The quantitative estimate of drug-likeness (QED) is 0.752. The monoisotopic (exact) mass is 278 g/mol. The number of hydrogen-bond acceptors (Lipinski definition) is 3. The lowest BCUT2D eigenvalue weighted by atomic mass is 10.1. The number of aliphatic carboxylic acids is 1. The number of carboxylic acids is 1. The van der Waals surface area contributed by atoms with Gasteiger partial charge in [-0.05, 0) is 32.1 Å². The molecule has 0 aromatic heterocycles. The zero-order valence-electron chi connectivity index (χ0n) is 11.1. The average molecular weight is 278 g/mol. The smallest absolute Gasteiger partial charge is 0.321 e. The third-order valence-corrected chi connectivity index (χ3v) is 4.84. The Kier molecular flexibility index (Phi) is 5.12. The number of carboxylic acid groups (broad SMARTS) is 1. The molecule has 6 nitrogen and oxygen atoms in total. The fraction of sp³-hybridized carbons (Fsp3) is 0.909. The fourth-order valence-corrected chi connectivity index (χ4v) is 3.82. The lowest BCUT2D eigenvalue weighted by Gasteiger charge is -2.24. The number of nitrogens with one attached hydrogen (secondary N) is 1. The Morgan fingerprint density at radius 3 is 2.50 bits per heavy atom. The van der Waals surface area contributed by atoms with Crippen molar-refractivity contribution in [2.75, 3.05) is 6.54 Å². The maximum absolute atomic E-state index is 12.1. The van der Waals surface area contributed by atoms with Gasteiger partial charge in [0, 0.05) is 12.6 Å². The van der Waals surface area contributed by atoms with Crippen LogP contribution in [0.1, 0.15) is 40.0 Å². The van der Waals surface area contributed by atoms with E-state index in [2.05, 4.69) is 4.72 Å². The molecule has 18 heavy (non-hydrogen) atoms. The van der Waals surface area contributed by atoms with Gasteiger partial charge in [0.2, 0.25) is 0 Å². The summed E-state index contributed by atoms with van der Waals surface area (Å²) in [5.41, 5.74) is 0. The van der Waals surface area contributed by atoms with Gasteiger partial charge in [0.05, 0.1) is 0 Å². The lowest BCUT2D eigenvalue weighted by molar-refractivity contribution is -0.139. The number of rotatable bonds is 6. The van der Waals surface area contributed by atoms with Crippen molar-refractivity contribution in [1.82, 2.24) is 9.03 Å². The van der Waals surface area contributed by atoms with Gasteiger partial charge in [0.25, 0.3) is 10.2 Å². The molecule has 106 valence electrons. The van der Waals surface area contributed by atoms with Gasteiger partial charge >= 0.3 is 5.97 Å². The third-order valence-electron chi connectivity index (χ3n) is 3.10. The second-order valence-electron chi connectivity index (χ2n) is 5.25. The van der Waals surface area contributed by atoms with E-state index in [0.717, 1.165) is 12.8 Å². The first-order chi connectivity index (χ1) is 8.24. The van der Waals surface area contributed by atoms with Crippen molar-refractivity contribution in [1.29, 1.82) is 0 Å². The predicted octanol–water partition coefficient (Wildman–Crippen LogP) is 0.804. The molecule has 1 unspecified atom stereocenters. The van der Waals surface area contributed by atoms with Gasteiger partial charge in [-0.25, -0.2) is 0 Å². The molecule has 2 atom stereocenters. The van der Waals surface area contributed by atoms with Crippen LogP contribution in [0.25, 0.3) is 0 Å². The van der Waals surface area contributed by atoms with E-state index in [9.17, 15) is 13.2 Å². The van der Waals surface area contributed by atoms with E-state index >= 15 is 0 Å². The van der Waals surface area contributed by atoms with Crippen LogP contribution in [0.4, 0.5) is 0 Å². The SMILES string of the molecule is CC(C)C[C@@H](NS(=O)(=O)N1CCCC1C)C(=O)O. The summed E-state index contributed by atoms with van der Waals surface area (Å²) in [4.78, 5) is 11.1. The Labute approximate surface area is 109 Å². The Bertz CT molecular complexity index is 394. The van der Waals surface area contributed by atoms with E-state index in [1.807, 2.05) is 20.8 Å². The van der Waals surface area contributed by atoms with Crippen LogP contribution in [0, 0.1) is 5.92 Å². The van der Waals surface area contributed by atoms with Crippen LogP contribution in [0.2, 0.25) is 0 Å². The highest BCUT2D eigenvalue weighted by Gasteiger charge is 2.34. The molecule has 1 heterocycles. The fourth-order valence-electron chi connectivity index (χ4n) is 2.18. The average Bonchev–Trinajstić information content (AvgIpc) is 2.62. The van der Waals surface area contributed by atoms with Gasteiger partial charge in [-0.3, -0.25) is 4.79 Å². The van der Waals surface area contributed by atoms with E-state index in [1.54, 1.807) is 0 Å². The summed E-state index contributed by atoms with van der Waals surface area (Å²) in [6.45, 7) is 6.03. The van der Waals surface area contributed by atoms with Crippen LogP contribution < -0.4 is 4.72 Å². The van der Waals surface area contributed by atoms with Crippen LogP contribution in [-0.2, 0) is 15.0 Å². The summed E-state index contributed by atoms with van der Waals surface area (Å²) >= 11 is 0. The largest absolute Gasteiger partial charge is 0.480 e. The van der Waals surface area contributed by atoms with Crippen LogP contribution in [0.15, 0.2) is 0 Å². The van der Waals surface area contributed by atoms with Gasteiger partial charge in [0.1, 0.15) is 6.04 Å². The molecule has 1 aliphatic heterocycles. The highest BCUT2D eigenvalue weighted by atomic mass is 32.2. The number of nitrogens with zero attached hydrogens (tertiary/aromatic N) is 1. The summed E-state index contributed by atoms with van der Waals surface area (Å²) < 4.78 is 27.8. The van der Waals surface area contributed by atoms with Gasteiger partial charge in [-0.15, -0.1) is 0 Å². The number of carbonyl (C=O) groups is 1. The molecule has 1 saturated heterocycles. The van der Waals surface area contributed by atoms with E-state index in [1.165, 1.54) is 4.31 Å². The molecule has 2 N–H and O–H groups in total. The van der Waals surface area contributed by atoms with Crippen LogP contribution in [0.5, 0.6) is 0 Å². The molecule has 0 bridgehead atoms. The van der Waals surface area contributed by atoms with Crippen molar-refractivity contribution in [2.24, 2.45) is 5.92 Å². The summed E-state index contributed by atoms with van der Waals surface area (Å²) in [7, 11) is -3.70. The Morgan fingerprint density at radius 1 is 1.50 bits per heavy atom. The first-order valence-electron chi connectivity index (χ1n) is 6.26. The van der Waals surface area contributed by atoms with E-state index in [4.69, 9.17) is 5.11 Å². The van der Waals surface area contributed by atoms with Crippen molar-refractivity contribution >= 4 is 16.2 Å². The van der Waals surface area contributed by atoms with E-state index in [-0.39, 0.29) is 18.4 Å². The molecule has 0 aliphatic carbocycles. The predicted molar refractivity (Wildman–Crippen MR) is 68.3 cm³/mol. The molecule has 0 radical (unpaired) electrons. The van der Waals surface area contributed by atoms with Crippen molar-refractivity contribution in [3.63, 3.8) is 0 Å². The normalized spacial score (nSPS) is 23.4. The van der Waals surface area contributed by atoms with E-state index in [0.29, 0.717) is 6.54 Å². The highest BCUT2D eigenvalue weighted by Crippen LogP contribution is 2.20. The summed E-state index contributed by atoms with van der Waals surface area (Å²) in [6.07, 6.45) is 1.93.